The van der Waals surface area contributed by atoms with Crippen LogP contribution in [0.1, 0.15) is 47.7 Å². The van der Waals surface area contributed by atoms with E-state index in [0.717, 1.165) is 75.4 Å². The van der Waals surface area contributed by atoms with E-state index in [0.29, 0.717) is 30.6 Å². The number of aryl methyl sites for hydroxylation is 2. The summed E-state index contributed by atoms with van der Waals surface area (Å²) in [5.41, 5.74) is 2.08. The number of hydrogen-bond acceptors (Lipinski definition) is 5. The fourth-order valence-corrected chi connectivity index (χ4v) is 5.46. The summed E-state index contributed by atoms with van der Waals surface area (Å²) >= 11 is 0. The number of halogens is 3. The van der Waals surface area contributed by atoms with Crippen LogP contribution in [-0.2, 0) is 23.8 Å². The monoisotopic (exact) mass is 488 g/mol. The molecule has 5 rings (SSSR count). The predicted octanol–water partition coefficient (Wildman–Crippen LogP) is 4.22. The van der Waals surface area contributed by atoms with E-state index in [4.69, 9.17) is 4.98 Å². The van der Waals surface area contributed by atoms with Crippen LogP contribution in [0.15, 0.2) is 36.4 Å². The van der Waals surface area contributed by atoms with Crippen molar-refractivity contribution in [3.05, 3.63) is 58.8 Å². The summed E-state index contributed by atoms with van der Waals surface area (Å²) in [5.74, 6) is 0.676. The Morgan fingerprint density at radius 2 is 1.86 bits per heavy atom. The number of benzene rings is 1. The van der Waals surface area contributed by atoms with Gasteiger partial charge < -0.3 is 10.4 Å². The number of carboxylic acids is 1. The molecular weight excluding hydrogens is 457 g/mol. The van der Waals surface area contributed by atoms with Crippen molar-refractivity contribution in [3.8, 4) is 0 Å². The molecule has 2 fully saturated rings. The minimum absolute atomic E-state index is 0.316. The number of fused-ring (bicyclic) bond motifs is 1. The Bertz CT molecular complexity index is 1050. The number of carboxylic acid groups (broad SMARTS) is 1. The average molecular weight is 489 g/mol. The molecule has 3 aliphatic rings. The molecule has 1 unspecified atom stereocenters. The summed E-state index contributed by atoms with van der Waals surface area (Å²) < 4.78 is 38.5. The lowest BCUT2D eigenvalue weighted by Gasteiger charge is -2.53. The average Bonchev–Trinajstić information content (AvgIpc) is 2.77. The normalized spacial score (nSPS) is 20.4. The highest BCUT2D eigenvalue weighted by molar-refractivity contribution is 5.75. The van der Waals surface area contributed by atoms with E-state index >= 15 is 0 Å². The van der Waals surface area contributed by atoms with Crippen LogP contribution in [0.4, 0.5) is 19.0 Å². The van der Waals surface area contributed by atoms with Crippen molar-refractivity contribution in [2.75, 3.05) is 38.0 Å². The number of pyridine rings is 1. The molecule has 0 spiro atoms. The number of aliphatic carboxylic acids is 1. The number of alkyl halides is 3. The first-order chi connectivity index (χ1) is 16.8. The van der Waals surface area contributed by atoms with Crippen molar-refractivity contribution in [2.45, 2.75) is 50.4 Å². The van der Waals surface area contributed by atoms with Gasteiger partial charge >= 0.3 is 12.1 Å². The van der Waals surface area contributed by atoms with E-state index in [1.54, 1.807) is 0 Å². The fraction of sp³-hybridized carbons (Fsp3) is 0.538. The summed E-state index contributed by atoms with van der Waals surface area (Å²) in [7, 11) is 0. The highest BCUT2D eigenvalue weighted by atomic mass is 19.4. The number of nitrogens with zero attached hydrogens (tertiary/aromatic N) is 3. The Balaban J connectivity index is 1.05. The lowest BCUT2D eigenvalue weighted by molar-refractivity contribution is -0.148. The molecule has 6 nitrogen and oxygen atoms in total. The van der Waals surface area contributed by atoms with Gasteiger partial charge in [0.05, 0.1) is 5.56 Å². The van der Waals surface area contributed by atoms with Crippen LogP contribution >= 0.6 is 0 Å². The SMILES string of the molecule is O=C(O)C(c1ccc(C(F)(F)F)cc1)N1CC(N2CC(CCCc3ccc4c(n3)NCCC4)C2)C1. The molecular formula is C26H31F3N4O2. The predicted molar refractivity (Wildman–Crippen MR) is 126 cm³/mol. The van der Waals surface area contributed by atoms with E-state index in [-0.39, 0.29) is 0 Å². The summed E-state index contributed by atoms with van der Waals surface area (Å²) in [6.07, 6.45) is 1.08. The molecule has 2 N–H and O–H groups in total. The second kappa shape index (κ2) is 9.78. The van der Waals surface area contributed by atoms with Gasteiger partial charge in [-0.1, -0.05) is 18.2 Å². The Labute approximate surface area is 203 Å². The van der Waals surface area contributed by atoms with Gasteiger partial charge in [0.2, 0.25) is 0 Å². The quantitative estimate of drug-likeness (QED) is 0.580. The standard InChI is InChI=1S/C26H31F3N4O2/c27-26(28,29)20-9-6-18(7-10-20)23(25(34)35)33-15-22(16-33)32-13-17(14-32)3-1-5-21-11-8-19-4-2-12-30-24(19)31-21/h6-11,17,22-23H,1-5,12-16H2,(H,30,31)(H,34,35). The van der Waals surface area contributed by atoms with Gasteiger partial charge in [-0.2, -0.15) is 13.2 Å². The molecule has 2 aromatic rings. The van der Waals surface area contributed by atoms with Crippen molar-refractivity contribution < 1.29 is 23.1 Å². The van der Waals surface area contributed by atoms with Crippen molar-refractivity contribution in [2.24, 2.45) is 5.92 Å². The highest BCUT2D eigenvalue weighted by Gasteiger charge is 2.43. The molecule has 1 aromatic carbocycles. The van der Waals surface area contributed by atoms with Crippen LogP contribution in [0.5, 0.6) is 0 Å². The number of carbonyl (C=O) groups is 1. The number of anilines is 1. The van der Waals surface area contributed by atoms with Gasteiger partial charge in [-0.3, -0.25) is 14.6 Å². The van der Waals surface area contributed by atoms with Crippen molar-refractivity contribution in [3.63, 3.8) is 0 Å². The van der Waals surface area contributed by atoms with Gasteiger partial charge in [-0.05, 0) is 67.3 Å². The fourth-order valence-electron chi connectivity index (χ4n) is 5.46. The van der Waals surface area contributed by atoms with Crippen LogP contribution < -0.4 is 5.32 Å². The van der Waals surface area contributed by atoms with Gasteiger partial charge in [-0.15, -0.1) is 0 Å². The zero-order valence-corrected chi connectivity index (χ0v) is 19.6. The largest absolute Gasteiger partial charge is 0.480 e. The summed E-state index contributed by atoms with van der Waals surface area (Å²) in [6.45, 7) is 4.29. The van der Waals surface area contributed by atoms with E-state index in [1.807, 2.05) is 4.90 Å². The lowest BCUT2D eigenvalue weighted by atomic mass is 9.89. The number of rotatable bonds is 8. The van der Waals surface area contributed by atoms with E-state index < -0.39 is 23.8 Å². The summed E-state index contributed by atoms with van der Waals surface area (Å²) in [4.78, 5) is 20.9. The Morgan fingerprint density at radius 3 is 2.54 bits per heavy atom. The topological polar surface area (TPSA) is 68.7 Å². The molecule has 0 aliphatic carbocycles. The van der Waals surface area contributed by atoms with Crippen molar-refractivity contribution in [1.29, 1.82) is 0 Å². The minimum Gasteiger partial charge on any atom is -0.480 e. The molecule has 0 saturated carbocycles. The third kappa shape index (κ3) is 5.30. The maximum absolute atomic E-state index is 12.8. The molecule has 0 amide bonds. The smallest absolute Gasteiger partial charge is 0.416 e. The molecule has 1 atom stereocenters. The molecule has 0 radical (unpaired) electrons. The molecule has 4 heterocycles. The van der Waals surface area contributed by atoms with Gasteiger partial charge in [-0.25, -0.2) is 4.98 Å². The highest BCUT2D eigenvalue weighted by Crippen LogP contribution is 2.35. The third-order valence-electron chi connectivity index (χ3n) is 7.54. The molecule has 3 aliphatic heterocycles. The number of aromatic nitrogens is 1. The van der Waals surface area contributed by atoms with Crippen LogP contribution in [0.2, 0.25) is 0 Å². The zero-order valence-electron chi connectivity index (χ0n) is 19.6. The van der Waals surface area contributed by atoms with Crippen LogP contribution in [0, 0.1) is 5.92 Å². The molecule has 35 heavy (non-hydrogen) atoms. The number of hydrogen-bond donors (Lipinski definition) is 2. The van der Waals surface area contributed by atoms with Crippen LogP contribution in [-0.4, -0.2) is 64.6 Å². The Kier molecular flexibility index (Phi) is 6.72. The Hall–Kier alpha value is -2.65. The first kappa shape index (κ1) is 24.1. The molecule has 188 valence electrons. The van der Waals surface area contributed by atoms with Crippen LogP contribution in [0.3, 0.4) is 0 Å². The van der Waals surface area contributed by atoms with Gasteiger partial charge in [0.1, 0.15) is 11.9 Å². The van der Waals surface area contributed by atoms with Gasteiger partial charge in [0.15, 0.2) is 0 Å². The first-order valence-electron chi connectivity index (χ1n) is 12.4. The zero-order chi connectivity index (χ0) is 24.6. The second-order valence-corrected chi connectivity index (χ2v) is 10.0. The number of nitrogens with one attached hydrogen (secondary N) is 1. The molecule has 1 aromatic heterocycles. The van der Waals surface area contributed by atoms with Gasteiger partial charge in [0, 0.05) is 44.5 Å². The van der Waals surface area contributed by atoms with E-state index in [9.17, 15) is 23.1 Å². The van der Waals surface area contributed by atoms with Crippen molar-refractivity contribution in [1.82, 2.24) is 14.8 Å². The first-order valence-corrected chi connectivity index (χ1v) is 12.4. The molecule has 9 heteroatoms. The van der Waals surface area contributed by atoms with Crippen molar-refractivity contribution >= 4 is 11.8 Å². The lowest BCUT2D eigenvalue weighted by Crippen LogP contribution is -2.66. The maximum atomic E-state index is 12.8. The summed E-state index contributed by atoms with van der Waals surface area (Å²) in [5, 5.41) is 13.1. The Morgan fingerprint density at radius 1 is 1.11 bits per heavy atom. The molecule has 2 saturated heterocycles. The maximum Gasteiger partial charge on any atom is 0.416 e. The van der Waals surface area contributed by atoms with Crippen LogP contribution in [0.25, 0.3) is 0 Å². The molecule has 0 bridgehead atoms. The second-order valence-electron chi connectivity index (χ2n) is 10.0. The van der Waals surface area contributed by atoms with E-state index in [1.165, 1.54) is 17.7 Å². The minimum atomic E-state index is -4.43. The number of likely N-dealkylation sites (tertiary alicyclic amines) is 2. The third-order valence-corrected chi connectivity index (χ3v) is 7.54. The summed E-state index contributed by atoms with van der Waals surface area (Å²) in [6, 6.07) is 8.23. The van der Waals surface area contributed by atoms with Gasteiger partial charge in [0.25, 0.3) is 0 Å². The van der Waals surface area contributed by atoms with E-state index in [2.05, 4.69) is 22.3 Å².